The molecule has 4 nitrogen and oxygen atoms in total. The minimum absolute atomic E-state index is 0.0256. The summed E-state index contributed by atoms with van der Waals surface area (Å²) in [6, 6.07) is 8.14. The van der Waals surface area contributed by atoms with Crippen LogP contribution >= 0.6 is 0 Å². The highest BCUT2D eigenvalue weighted by Crippen LogP contribution is 2.17. The molecular formula is C15H24N2O2. The molecule has 0 spiro atoms. The monoisotopic (exact) mass is 264 g/mol. The molecule has 1 N–H and O–H groups in total. The SMILES string of the molecule is CCN(CC)C(=O)COc1ccc(C(C)NC)cc1. The lowest BCUT2D eigenvalue weighted by Crippen LogP contribution is -2.34. The molecule has 0 fully saturated rings. The van der Waals surface area contributed by atoms with Crippen LogP contribution in [0.25, 0.3) is 0 Å². The Morgan fingerprint density at radius 3 is 2.32 bits per heavy atom. The number of nitrogens with zero attached hydrogens (tertiary/aromatic N) is 1. The summed E-state index contributed by atoms with van der Waals surface area (Å²) in [6.07, 6.45) is 0. The number of ether oxygens (including phenoxy) is 1. The highest BCUT2D eigenvalue weighted by Gasteiger charge is 2.10. The zero-order valence-corrected chi connectivity index (χ0v) is 12.3. The first-order valence-electron chi connectivity index (χ1n) is 6.80. The maximum atomic E-state index is 11.8. The fourth-order valence-electron chi connectivity index (χ4n) is 1.83. The molecule has 0 aliphatic carbocycles. The van der Waals surface area contributed by atoms with Gasteiger partial charge in [0.2, 0.25) is 0 Å². The Morgan fingerprint density at radius 1 is 1.26 bits per heavy atom. The van der Waals surface area contributed by atoms with Crippen molar-refractivity contribution in [1.29, 1.82) is 0 Å². The van der Waals surface area contributed by atoms with Gasteiger partial charge in [0.05, 0.1) is 0 Å². The summed E-state index contributed by atoms with van der Waals surface area (Å²) in [7, 11) is 1.93. The van der Waals surface area contributed by atoms with Gasteiger partial charge in [0, 0.05) is 19.1 Å². The van der Waals surface area contributed by atoms with Crippen molar-refractivity contribution in [1.82, 2.24) is 10.2 Å². The second kappa shape index (κ2) is 7.79. The van der Waals surface area contributed by atoms with Crippen molar-refractivity contribution >= 4 is 5.91 Å². The van der Waals surface area contributed by atoms with E-state index < -0.39 is 0 Å². The van der Waals surface area contributed by atoms with Crippen LogP contribution in [-0.4, -0.2) is 37.6 Å². The summed E-state index contributed by atoms with van der Waals surface area (Å²) >= 11 is 0. The van der Waals surface area contributed by atoms with Crippen LogP contribution in [0.2, 0.25) is 0 Å². The van der Waals surface area contributed by atoms with E-state index in [0.717, 1.165) is 18.8 Å². The van der Waals surface area contributed by atoms with Gasteiger partial charge in [-0.1, -0.05) is 12.1 Å². The van der Waals surface area contributed by atoms with E-state index in [1.165, 1.54) is 5.56 Å². The van der Waals surface area contributed by atoms with Gasteiger partial charge in [-0.2, -0.15) is 0 Å². The zero-order valence-electron chi connectivity index (χ0n) is 12.3. The molecule has 0 saturated carbocycles. The molecule has 1 aromatic carbocycles. The van der Waals surface area contributed by atoms with Gasteiger partial charge in [0.1, 0.15) is 5.75 Å². The molecule has 106 valence electrons. The van der Waals surface area contributed by atoms with Crippen molar-refractivity contribution in [3.8, 4) is 5.75 Å². The number of nitrogens with one attached hydrogen (secondary N) is 1. The summed E-state index contributed by atoms with van der Waals surface area (Å²) < 4.78 is 5.51. The van der Waals surface area contributed by atoms with Gasteiger partial charge in [-0.15, -0.1) is 0 Å². The maximum absolute atomic E-state index is 11.8. The number of carbonyl (C=O) groups excluding carboxylic acids is 1. The average molecular weight is 264 g/mol. The number of amides is 1. The largest absolute Gasteiger partial charge is 0.484 e. The smallest absolute Gasteiger partial charge is 0.260 e. The number of rotatable bonds is 7. The van der Waals surface area contributed by atoms with Crippen LogP contribution in [-0.2, 0) is 4.79 Å². The van der Waals surface area contributed by atoms with Crippen LogP contribution in [0.3, 0.4) is 0 Å². The van der Waals surface area contributed by atoms with Crippen molar-refractivity contribution in [3.63, 3.8) is 0 Å². The molecule has 0 aliphatic rings. The normalized spacial score (nSPS) is 12.0. The van der Waals surface area contributed by atoms with E-state index in [1.807, 2.05) is 45.2 Å². The maximum Gasteiger partial charge on any atom is 0.260 e. The van der Waals surface area contributed by atoms with Crippen LogP contribution in [0.15, 0.2) is 24.3 Å². The minimum atomic E-state index is 0.0256. The Balaban J connectivity index is 2.52. The highest BCUT2D eigenvalue weighted by molar-refractivity contribution is 5.77. The first-order valence-corrected chi connectivity index (χ1v) is 6.80. The zero-order chi connectivity index (χ0) is 14.3. The van der Waals surface area contributed by atoms with E-state index in [1.54, 1.807) is 4.90 Å². The van der Waals surface area contributed by atoms with E-state index >= 15 is 0 Å². The summed E-state index contributed by atoms with van der Waals surface area (Å²) in [5.74, 6) is 0.755. The van der Waals surface area contributed by atoms with E-state index in [9.17, 15) is 4.79 Å². The number of hydrogen-bond acceptors (Lipinski definition) is 3. The minimum Gasteiger partial charge on any atom is -0.484 e. The number of likely N-dealkylation sites (N-methyl/N-ethyl adjacent to an activating group) is 1. The molecule has 19 heavy (non-hydrogen) atoms. The first kappa shape index (κ1) is 15.5. The molecule has 1 amide bonds. The van der Waals surface area contributed by atoms with Crippen LogP contribution in [0.4, 0.5) is 0 Å². The van der Waals surface area contributed by atoms with Crippen molar-refractivity contribution in [3.05, 3.63) is 29.8 Å². The Kier molecular flexibility index (Phi) is 6.36. The predicted octanol–water partition coefficient (Wildman–Crippen LogP) is 2.21. The van der Waals surface area contributed by atoms with Gasteiger partial charge < -0.3 is 15.0 Å². The quantitative estimate of drug-likeness (QED) is 0.821. The standard InChI is InChI=1S/C15H24N2O2/c1-5-17(6-2)15(18)11-19-14-9-7-13(8-10-14)12(3)16-4/h7-10,12,16H,5-6,11H2,1-4H3. The van der Waals surface area contributed by atoms with Gasteiger partial charge >= 0.3 is 0 Å². The molecule has 0 heterocycles. The second-order valence-electron chi connectivity index (χ2n) is 4.43. The van der Waals surface area contributed by atoms with Crippen LogP contribution in [0.1, 0.15) is 32.4 Å². The summed E-state index contributed by atoms with van der Waals surface area (Å²) in [5, 5.41) is 3.18. The van der Waals surface area contributed by atoms with Gasteiger partial charge in [-0.25, -0.2) is 0 Å². The molecule has 0 aliphatic heterocycles. The van der Waals surface area contributed by atoms with Crippen molar-refractivity contribution < 1.29 is 9.53 Å². The van der Waals surface area contributed by atoms with Gasteiger partial charge in [-0.3, -0.25) is 4.79 Å². The van der Waals surface area contributed by atoms with E-state index in [-0.39, 0.29) is 12.5 Å². The molecule has 1 unspecified atom stereocenters. The number of hydrogen-bond donors (Lipinski definition) is 1. The highest BCUT2D eigenvalue weighted by atomic mass is 16.5. The average Bonchev–Trinajstić information content (AvgIpc) is 2.46. The number of benzene rings is 1. The Hall–Kier alpha value is -1.55. The van der Waals surface area contributed by atoms with Gasteiger partial charge in [0.25, 0.3) is 5.91 Å². The molecule has 0 saturated heterocycles. The van der Waals surface area contributed by atoms with Crippen molar-refractivity contribution in [2.45, 2.75) is 26.8 Å². The molecule has 0 aromatic heterocycles. The number of carbonyl (C=O) groups is 1. The molecule has 0 radical (unpaired) electrons. The summed E-state index contributed by atoms with van der Waals surface area (Å²) in [6.45, 7) is 7.57. The fourth-order valence-corrected chi connectivity index (χ4v) is 1.83. The molecule has 1 atom stereocenters. The third-order valence-electron chi connectivity index (χ3n) is 3.29. The van der Waals surface area contributed by atoms with Crippen LogP contribution in [0.5, 0.6) is 5.75 Å². The molecule has 1 rings (SSSR count). The van der Waals surface area contributed by atoms with E-state index in [4.69, 9.17) is 4.74 Å². The third-order valence-corrected chi connectivity index (χ3v) is 3.29. The molecular weight excluding hydrogens is 240 g/mol. The topological polar surface area (TPSA) is 41.6 Å². The van der Waals surface area contributed by atoms with Gasteiger partial charge in [0.15, 0.2) is 6.61 Å². The lowest BCUT2D eigenvalue weighted by atomic mass is 10.1. The Bertz CT molecular complexity index is 386. The van der Waals surface area contributed by atoms with E-state index in [2.05, 4.69) is 12.2 Å². The van der Waals surface area contributed by atoms with Crippen molar-refractivity contribution in [2.75, 3.05) is 26.7 Å². The Labute approximate surface area is 115 Å². The van der Waals surface area contributed by atoms with Gasteiger partial charge in [-0.05, 0) is 45.5 Å². The summed E-state index contributed by atoms with van der Waals surface area (Å²) in [5.41, 5.74) is 1.20. The third kappa shape index (κ3) is 4.56. The fraction of sp³-hybridized carbons (Fsp3) is 0.533. The molecule has 1 aromatic rings. The predicted molar refractivity (Wildman–Crippen MR) is 77.3 cm³/mol. The lowest BCUT2D eigenvalue weighted by molar-refractivity contribution is -0.132. The summed E-state index contributed by atoms with van der Waals surface area (Å²) in [4.78, 5) is 13.6. The Morgan fingerprint density at radius 2 is 1.84 bits per heavy atom. The molecule has 0 bridgehead atoms. The van der Waals surface area contributed by atoms with Crippen LogP contribution < -0.4 is 10.1 Å². The van der Waals surface area contributed by atoms with Crippen molar-refractivity contribution in [2.24, 2.45) is 0 Å². The van der Waals surface area contributed by atoms with Crippen LogP contribution in [0, 0.1) is 0 Å². The second-order valence-corrected chi connectivity index (χ2v) is 4.43. The first-order chi connectivity index (χ1) is 9.12. The van der Waals surface area contributed by atoms with E-state index in [0.29, 0.717) is 6.04 Å². The lowest BCUT2D eigenvalue weighted by Gasteiger charge is -2.18. The molecule has 4 heteroatoms.